The molecule has 0 aliphatic carbocycles. The number of nitrogens with zero attached hydrogens (tertiary/aromatic N) is 1. The number of aliphatic hydroxyl groups is 1. The van der Waals surface area contributed by atoms with Gasteiger partial charge in [0.2, 0.25) is 0 Å². The lowest BCUT2D eigenvalue weighted by Crippen LogP contribution is -2.46. The molecule has 10 heteroatoms. The van der Waals surface area contributed by atoms with E-state index in [1.165, 1.54) is 0 Å². The van der Waals surface area contributed by atoms with E-state index in [0.29, 0.717) is 18.3 Å². The highest BCUT2D eigenvalue weighted by atomic mass is 35.6. The Hall–Kier alpha value is -1.42. The minimum absolute atomic E-state index is 0.0156. The van der Waals surface area contributed by atoms with Gasteiger partial charge in [-0.25, -0.2) is 0 Å². The predicted molar refractivity (Wildman–Crippen MR) is 145 cm³/mol. The van der Waals surface area contributed by atoms with Gasteiger partial charge in [0.1, 0.15) is 0 Å². The molecule has 2 aliphatic heterocycles. The fourth-order valence-corrected chi connectivity index (χ4v) is 5.18. The number of aliphatic hydroxyl groups excluding tert-OH is 1. The Kier molecular flexibility index (Phi) is 9.75. The van der Waals surface area contributed by atoms with Crippen molar-refractivity contribution in [3.05, 3.63) is 65.2 Å². The number of halogens is 3. The van der Waals surface area contributed by atoms with Crippen molar-refractivity contribution in [1.29, 1.82) is 0 Å². The number of ether oxygens (including phenoxy) is 3. The first-order valence-corrected chi connectivity index (χ1v) is 13.5. The third-order valence-electron chi connectivity index (χ3n) is 7.07. The van der Waals surface area contributed by atoms with Gasteiger partial charge in [-0.1, -0.05) is 78.1 Å². The predicted octanol–water partition coefficient (Wildman–Crippen LogP) is 5.39. The van der Waals surface area contributed by atoms with E-state index in [1.54, 1.807) is 25.3 Å². The van der Waals surface area contributed by atoms with Crippen LogP contribution in [0.25, 0.3) is 0 Å². The highest BCUT2D eigenvalue weighted by Gasteiger charge is 2.40. The third-order valence-corrected chi connectivity index (χ3v) is 7.59. The molecule has 1 amide bonds. The average molecular weight is 572 g/mol. The Labute approximate surface area is 232 Å². The van der Waals surface area contributed by atoms with E-state index in [2.05, 4.69) is 17.1 Å². The van der Waals surface area contributed by atoms with Crippen molar-refractivity contribution in [3.63, 3.8) is 0 Å². The quantitative estimate of drug-likeness (QED) is 0.414. The van der Waals surface area contributed by atoms with E-state index in [-0.39, 0.29) is 24.7 Å². The summed E-state index contributed by atoms with van der Waals surface area (Å²) in [5.74, 6) is -0.682. The zero-order valence-electron chi connectivity index (χ0n) is 20.9. The van der Waals surface area contributed by atoms with Crippen LogP contribution < -0.4 is 5.32 Å². The summed E-state index contributed by atoms with van der Waals surface area (Å²) in [5, 5.41) is 12.1. The van der Waals surface area contributed by atoms with Gasteiger partial charge in [0.05, 0.1) is 25.4 Å². The highest BCUT2D eigenvalue weighted by Crippen LogP contribution is 2.42. The SMILES string of the molecule is COC[C@@H]1CCCN1C[C@H]1O[C@@H](c2cccc(NC(=O)C(Cl)(Cl)Cl)c2)O[C@@H](c2ccc(CO)cc2)[C@H]1C. The number of carbonyl (C=O) groups is 1. The lowest BCUT2D eigenvalue weighted by atomic mass is 9.90. The highest BCUT2D eigenvalue weighted by molar-refractivity contribution is 6.76. The fraction of sp³-hybridized carbons (Fsp3) is 0.519. The molecule has 202 valence electrons. The van der Waals surface area contributed by atoms with Crippen molar-refractivity contribution in [1.82, 2.24) is 4.90 Å². The summed E-state index contributed by atoms with van der Waals surface area (Å²) in [4.78, 5) is 14.6. The molecule has 0 radical (unpaired) electrons. The summed E-state index contributed by atoms with van der Waals surface area (Å²) in [5.41, 5.74) is 3.07. The van der Waals surface area contributed by atoms with Gasteiger partial charge >= 0.3 is 0 Å². The summed E-state index contributed by atoms with van der Waals surface area (Å²) in [7, 11) is 1.74. The Morgan fingerprint density at radius 1 is 1.16 bits per heavy atom. The monoisotopic (exact) mass is 570 g/mol. The molecular weight excluding hydrogens is 539 g/mol. The summed E-state index contributed by atoms with van der Waals surface area (Å²) in [6.07, 6.45) is 1.21. The topological polar surface area (TPSA) is 80.3 Å². The van der Waals surface area contributed by atoms with Crippen LogP contribution in [0, 0.1) is 5.92 Å². The first kappa shape index (κ1) is 28.6. The minimum atomic E-state index is -2.07. The summed E-state index contributed by atoms with van der Waals surface area (Å²) in [6.45, 7) is 4.57. The fourth-order valence-electron chi connectivity index (χ4n) is 5.04. The van der Waals surface area contributed by atoms with Crippen molar-refractivity contribution >= 4 is 46.4 Å². The van der Waals surface area contributed by atoms with Gasteiger partial charge < -0.3 is 24.6 Å². The second kappa shape index (κ2) is 12.6. The normalized spacial score (nSPS) is 26.8. The van der Waals surface area contributed by atoms with E-state index < -0.39 is 16.0 Å². The van der Waals surface area contributed by atoms with E-state index in [1.807, 2.05) is 30.3 Å². The summed E-state index contributed by atoms with van der Waals surface area (Å²) in [6, 6.07) is 15.3. The molecule has 4 rings (SSSR count). The van der Waals surface area contributed by atoms with Crippen LogP contribution in [-0.2, 0) is 25.6 Å². The standard InChI is InChI=1S/C27H33Cl3N2O5/c1-17-23(14-32-12-4-7-22(32)16-35-2)36-25(37-24(17)19-10-8-18(15-33)9-11-19)20-5-3-6-21(13-20)31-26(34)27(28,29)30/h3,5-6,8-11,13,17,22-25,33H,4,7,12,14-16H2,1-2H3,(H,31,34)/t17-,22-,23+,24+,25+/m0/s1. The number of hydrogen-bond donors (Lipinski definition) is 2. The number of nitrogens with one attached hydrogen (secondary N) is 1. The van der Waals surface area contributed by atoms with Crippen molar-refractivity contribution < 1.29 is 24.1 Å². The zero-order chi connectivity index (χ0) is 26.6. The molecule has 2 heterocycles. The van der Waals surface area contributed by atoms with Gasteiger partial charge in [0.25, 0.3) is 9.70 Å². The molecule has 2 fully saturated rings. The molecule has 2 saturated heterocycles. The second-order valence-corrected chi connectivity index (χ2v) is 11.9. The largest absolute Gasteiger partial charge is 0.392 e. The molecule has 0 aromatic heterocycles. The number of benzene rings is 2. The minimum Gasteiger partial charge on any atom is -0.392 e. The molecule has 2 aromatic carbocycles. The molecule has 2 aliphatic rings. The van der Waals surface area contributed by atoms with Crippen molar-refractivity contribution in [3.8, 4) is 0 Å². The molecule has 0 saturated carbocycles. The molecule has 0 unspecified atom stereocenters. The number of carbonyl (C=O) groups excluding carboxylic acids is 1. The Balaban J connectivity index is 1.60. The first-order chi connectivity index (χ1) is 17.7. The molecule has 37 heavy (non-hydrogen) atoms. The van der Waals surface area contributed by atoms with Crippen LogP contribution in [0.3, 0.4) is 0 Å². The number of hydrogen-bond acceptors (Lipinski definition) is 6. The van der Waals surface area contributed by atoms with Crippen molar-refractivity contribution in [2.45, 2.75) is 54.7 Å². The van der Waals surface area contributed by atoms with E-state index in [9.17, 15) is 9.90 Å². The van der Waals surface area contributed by atoms with Crippen LogP contribution in [0.2, 0.25) is 0 Å². The molecule has 0 spiro atoms. The Morgan fingerprint density at radius 2 is 1.92 bits per heavy atom. The number of alkyl halides is 3. The molecule has 5 atom stereocenters. The second-order valence-electron chi connectivity index (χ2n) is 9.65. The Bertz CT molecular complexity index is 1050. The summed E-state index contributed by atoms with van der Waals surface area (Å²) >= 11 is 17.2. The molecule has 2 aromatic rings. The number of methoxy groups -OCH3 is 1. The molecule has 0 bridgehead atoms. The van der Waals surface area contributed by atoms with Crippen LogP contribution in [0.15, 0.2) is 48.5 Å². The lowest BCUT2D eigenvalue weighted by molar-refractivity contribution is -0.276. The number of rotatable bonds is 8. The first-order valence-electron chi connectivity index (χ1n) is 12.4. The van der Waals surface area contributed by atoms with Gasteiger partial charge in [-0.3, -0.25) is 9.69 Å². The van der Waals surface area contributed by atoms with Crippen LogP contribution in [0.1, 0.15) is 48.8 Å². The average Bonchev–Trinajstić information content (AvgIpc) is 3.31. The zero-order valence-corrected chi connectivity index (χ0v) is 23.2. The summed E-state index contributed by atoms with van der Waals surface area (Å²) < 4.78 is 16.5. The Morgan fingerprint density at radius 3 is 2.59 bits per heavy atom. The molecule has 7 nitrogen and oxygen atoms in total. The van der Waals surface area contributed by atoms with Gasteiger partial charge in [0, 0.05) is 36.9 Å². The maximum Gasteiger partial charge on any atom is 0.276 e. The van der Waals surface area contributed by atoms with E-state index in [4.69, 9.17) is 49.0 Å². The van der Waals surface area contributed by atoms with Gasteiger partial charge in [0.15, 0.2) is 6.29 Å². The van der Waals surface area contributed by atoms with E-state index >= 15 is 0 Å². The van der Waals surface area contributed by atoms with Crippen LogP contribution in [0.4, 0.5) is 5.69 Å². The maximum absolute atomic E-state index is 12.2. The van der Waals surface area contributed by atoms with E-state index in [0.717, 1.165) is 42.6 Å². The number of likely N-dealkylation sites (tertiary alicyclic amines) is 1. The van der Waals surface area contributed by atoms with Gasteiger partial charge in [-0.2, -0.15) is 0 Å². The van der Waals surface area contributed by atoms with Crippen LogP contribution >= 0.6 is 34.8 Å². The van der Waals surface area contributed by atoms with Gasteiger partial charge in [-0.15, -0.1) is 0 Å². The van der Waals surface area contributed by atoms with Crippen molar-refractivity contribution in [2.24, 2.45) is 5.92 Å². The number of amides is 1. The third kappa shape index (κ3) is 7.16. The lowest BCUT2D eigenvalue weighted by Gasteiger charge is -2.43. The van der Waals surface area contributed by atoms with Crippen molar-refractivity contribution in [2.75, 3.05) is 32.1 Å². The van der Waals surface area contributed by atoms with Gasteiger partial charge in [-0.05, 0) is 42.6 Å². The van der Waals surface area contributed by atoms with Crippen LogP contribution in [0.5, 0.6) is 0 Å². The molecular formula is C27H33Cl3N2O5. The number of anilines is 1. The van der Waals surface area contributed by atoms with Crippen LogP contribution in [-0.4, -0.2) is 58.7 Å². The maximum atomic E-state index is 12.2. The molecule has 2 N–H and O–H groups in total. The smallest absolute Gasteiger partial charge is 0.276 e.